The number of halogens is 1. The van der Waals surface area contributed by atoms with Crippen LogP contribution in [0.2, 0.25) is 5.02 Å². The Balaban J connectivity index is 1.93. The van der Waals surface area contributed by atoms with Crippen molar-refractivity contribution in [3.63, 3.8) is 0 Å². The lowest BCUT2D eigenvalue weighted by molar-refractivity contribution is 0.0697. The lowest BCUT2D eigenvalue weighted by atomic mass is 10.1. The number of aryl methyl sites for hydroxylation is 1. The first kappa shape index (κ1) is 14.2. The molecule has 0 saturated heterocycles. The number of benzene rings is 1. The van der Waals surface area contributed by atoms with Crippen LogP contribution < -0.4 is 0 Å². The molecule has 0 fully saturated rings. The highest BCUT2D eigenvalue weighted by molar-refractivity contribution is 6.31. The van der Waals surface area contributed by atoms with Gasteiger partial charge in [-0.25, -0.2) is 4.79 Å². The molecule has 1 N–H and O–H groups in total. The first-order valence-electron chi connectivity index (χ1n) is 6.34. The third kappa shape index (κ3) is 2.68. The fourth-order valence-corrected chi connectivity index (χ4v) is 2.00. The topological polar surface area (TPSA) is 89.1 Å². The lowest BCUT2D eigenvalue weighted by Gasteiger charge is -1.99. The molecule has 0 amide bonds. The minimum absolute atomic E-state index is 0.193. The molecular weight excluding hydrogens is 306 g/mol. The summed E-state index contributed by atoms with van der Waals surface area (Å²) in [6, 6.07) is 7.88. The van der Waals surface area contributed by atoms with E-state index in [1.54, 1.807) is 31.3 Å². The van der Waals surface area contributed by atoms with Crippen molar-refractivity contribution in [1.82, 2.24) is 15.2 Å². The van der Waals surface area contributed by atoms with Gasteiger partial charge < -0.3 is 9.52 Å². The summed E-state index contributed by atoms with van der Waals surface area (Å²) in [6.07, 6.45) is 1.60. The van der Waals surface area contributed by atoms with E-state index in [0.29, 0.717) is 27.9 Å². The first-order chi connectivity index (χ1) is 10.5. The van der Waals surface area contributed by atoms with Crippen molar-refractivity contribution in [2.75, 3.05) is 0 Å². The van der Waals surface area contributed by atoms with Crippen LogP contribution in [0.1, 0.15) is 16.1 Å². The number of carboxylic acid groups (broad SMARTS) is 1. The largest absolute Gasteiger partial charge is 0.478 e. The van der Waals surface area contributed by atoms with E-state index >= 15 is 0 Å². The maximum Gasteiger partial charge on any atom is 0.335 e. The predicted molar refractivity (Wildman–Crippen MR) is 79.7 cm³/mol. The van der Waals surface area contributed by atoms with Gasteiger partial charge in [0.1, 0.15) is 0 Å². The zero-order valence-electron chi connectivity index (χ0n) is 11.4. The molecule has 0 aliphatic carbocycles. The van der Waals surface area contributed by atoms with Crippen LogP contribution in [-0.4, -0.2) is 26.3 Å². The minimum atomic E-state index is -0.988. The van der Waals surface area contributed by atoms with Crippen molar-refractivity contribution in [3.8, 4) is 22.9 Å². The molecule has 0 spiro atoms. The predicted octanol–water partition coefficient (Wildman–Crippen LogP) is 3.46. The van der Waals surface area contributed by atoms with Gasteiger partial charge in [-0.05, 0) is 37.3 Å². The van der Waals surface area contributed by atoms with Crippen LogP contribution in [0.5, 0.6) is 0 Å². The Morgan fingerprint density at radius 2 is 1.77 bits per heavy atom. The highest BCUT2D eigenvalue weighted by Crippen LogP contribution is 2.26. The van der Waals surface area contributed by atoms with Gasteiger partial charge in [-0.15, -0.1) is 10.2 Å². The number of aromatic nitrogens is 3. The molecule has 2 aromatic heterocycles. The molecule has 110 valence electrons. The van der Waals surface area contributed by atoms with Gasteiger partial charge in [-0.2, -0.15) is 0 Å². The summed E-state index contributed by atoms with van der Waals surface area (Å²) in [5.74, 6) is -0.395. The number of carboxylic acids is 1. The van der Waals surface area contributed by atoms with Gasteiger partial charge in [0.2, 0.25) is 11.8 Å². The normalized spacial score (nSPS) is 10.6. The van der Waals surface area contributed by atoms with E-state index in [2.05, 4.69) is 15.2 Å². The Kier molecular flexibility index (Phi) is 3.60. The van der Waals surface area contributed by atoms with Gasteiger partial charge in [-0.3, -0.25) is 4.98 Å². The fourth-order valence-electron chi connectivity index (χ4n) is 1.84. The molecule has 3 aromatic rings. The summed E-state index contributed by atoms with van der Waals surface area (Å²) >= 11 is 6.03. The van der Waals surface area contributed by atoms with Gasteiger partial charge >= 0.3 is 5.97 Å². The van der Waals surface area contributed by atoms with Gasteiger partial charge in [0.15, 0.2) is 0 Å². The molecule has 0 radical (unpaired) electrons. The third-order valence-corrected chi connectivity index (χ3v) is 3.46. The van der Waals surface area contributed by atoms with E-state index in [0.717, 1.165) is 5.69 Å². The number of rotatable bonds is 3. The number of hydrogen-bond acceptors (Lipinski definition) is 5. The molecule has 6 nitrogen and oxygen atoms in total. The Hall–Kier alpha value is -2.73. The Morgan fingerprint density at radius 1 is 1.14 bits per heavy atom. The second kappa shape index (κ2) is 5.57. The second-order valence-corrected chi connectivity index (χ2v) is 4.99. The summed E-state index contributed by atoms with van der Waals surface area (Å²) < 4.78 is 5.58. The van der Waals surface area contributed by atoms with Crippen molar-refractivity contribution in [2.24, 2.45) is 0 Å². The highest BCUT2D eigenvalue weighted by atomic mass is 35.5. The Morgan fingerprint density at radius 3 is 2.36 bits per heavy atom. The average Bonchev–Trinajstić information content (AvgIpc) is 3.00. The SMILES string of the molecule is Cc1ncc(-c2nnc(-c3ccc(C(=O)O)cc3)o2)cc1Cl. The van der Waals surface area contributed by atoms with Crippen LogP contribution in [0.15, 0.2) is 40.9 Å². The molecule has 1 aromatic carbocycles. The molecule has 3 rings (SSSR count). The van der Waals surface area contributed by atoms with Crippen LogP contribution in [0, 0.1) is 6.92 Å². The number of carbonyl (C=O) groups is 1. The van der Waals surface area contributed by atoms with Gasteiger partial charge in [0, 0.05) is 11.8 Å². The van der Waals surface area contributed by atoms with Crippen LogP contribution in [0.3, 0.4) is 0 Å². The molecule has 0 unspecified atom stereocenters. The summed E-state index contributed by atoms with van der Waals surface area (Å²) in [5, 5.41) is 17.3. The van der Waals surface area contributed by atoms with Crippen molar-refractivity contribution in [2.45, 2.75) is 6.92 Å². The molecule has 2 heterocycles. The molecule has 0 bridgehead atoms. The van der Waals surface area contributed by atoms with E-state index in [1.807, 2.05) is 0 Å². The van der Waals surface area contributed by atoms with Crippen molar-refractivity contribution in [3.05, 3.63) is 52.8 Å². The zero-order chi connectivity index (χ0) is 15.7. The molecular formula is C15H10ClN3O3. The molecule has 0 saturated carbocycles. The van der Waals surface area contributed by atoms with Crippen molar-refractivity contribution >= 4 is 17.6 Å². The van der Waals surface area contributed by atoms with E-state index in [-0.39, 0.29) is 5.56 Å². The van der Waals surface area contributed by atoms with Gasteiger partial charge in [-0.1, -0.05) is 11.6 Å². The average molecular weight is 316 g/mol. The lowest BCUT2D eigenvalue weighted by Crippen LogP contribution is -1.94. The van der Waals surface area contributed by atoms with Crippen LogP contribution in [-0.2, 0) is 0 Å². The zero-order valence-corrected chi connectivity index (χ0v) is 12.2. The standard InChI is InChI=1S/C15H10ClN3O3/c1-8-12(16)6-11(7-17-8)14-19-18-13(22-14)9-2-4-10(5-3-9)15(20)21/h2-7H,1H3,(H,20,21). The Labute approximate surface area is 130 Å². The highest BCUT2D eigenvalue weighted by Gasteiger charge is 2.12. The van der Waals surface area contributed by atoms with Crippen LogP contribution >= 0.6 is 11.6 Å². The molecule has 0 aliphatic heterocycles. The van der Waals surface area contributed by atoms with Gasteiger partial charge in [0.25, 0.3) is 0 Å². The molecule has 7 heteroatoms. The fraction of sp³-hybridized carbons (Fsp3) is 0.0667. The minimum Gasteiger partial charge on any atom is -0.478 e. The molecule has 0 aliphatic rings. The monoisotopic (exact) mass is 315 g/mol. The number of pyridine rings is 1. The maximum atomic E-state index is 10.8. The smallest absolute Gasteiger partial charge is 0.335 e. The summed E-state index contributed by atoms with van der Waals surface area (Å²) in [4.78, 5) is 15.0. The summed E-state index contributed by atoms with van der Waals surface area (Å²) in [5.41, 5.74) is 2.17. The van der Waals surface area contributed by atoms with E-state index in [1.165, 1.54) is 12.1 Å². The van der Waals surface area contributed by atoms with E-state index in [4.69, 9.17) is 21.1 Å². The molecule has 22 heavy (non-hydrogen) atoms. The van der Waals surface area contributed by atoms with Crippen LogP contribution in [0.4, 0.5) is 0 Å². The van der Waals surface area contributed by atoms with Crippen LogP contribution in [0.25, 0.3) is 22.9 Å². The second-order valence-electron chi connectivity index (χ2n) is 4.59. The number of nitrogens with zero attached hydrogens (tertiary/aromatic N) is 3. The van der Waals surface area contributed by atoms with Gasteiger partial charge in [0.05, 0.1) is 21.8 Å². The maximum absolute atomic E-state index is 10.8. The van der Waals surface area contributed by atoms with E-state index in [9.17, 15) is 4.79 Å². The van der Waals surface area contributed by atoms with Crippen molar-refractivity contribution in [1.29, 1.82) is 0 Å². The summed E-state index contributed by atoms with van der Waals surface area (Å²) in [6.45, 7) is 1.80. The first-order valence-corrected chi connectivity index (χ1v) is 6.72. The van der Waals surface area contributed by atoms with Crippen molar-refractivity contribution < 1.29 is 14.3 Å². The number of aromatic carboxylic acids is 1. The third-order valence-electron chi connectivity index (χ3n) is 3.08. The Bertz CT molecular complexity index is 843. The quantitative estimate of drug-likeness (QED) is 0.796. The molecule has 0 atom stereocenters. The summed E-state index contributed by atoms with van der Waals surface area (Å²) in [7, 11) is 0. The number of hydrogen-bond donors (Lipinski definition) is 1. The van der Waals surface area contributed by atoms with E-state index < -0.39 is 5.97 Å².